The van der Waals surface area contributed by atoms with Crippen LogP contribution in [0.5, 0.6) is 23.0 Å². The van der Waals surface area contributed by atoms with E-state index in [1.165, 1.54) is 6.33 Å². The Morgan fingerprint density at radius 1 is 1.00 bits per heavy atom. The Morgan fingerprint density at radius 3 is 2.50 bits per heavy atom. The summed E-state index contributed by atoms with van der Waals surface area (Å²) in [4.78, 5) is 8.69. The summed E-state index contributed by atoms with van der Waals surface area (Å²) in [5.74, 6) is 2.95. The van der Waals surface area contributed by atoms with E-state index in [9.17, 15) is 0 Å². The fraction of sp³-hybridized carbons (Fsp3) is 0.292. The van der Waals surface area contributed by atoms with Gasteiger partial charge in [-0.25, -0.2) is 19.1 Å². The van der Waals surface area contributed by atoms with Gasteiger partial charge in [-0.2, -0.15) is 5.10 Å². The van der Waals surface area contributed by atoms with Gasteiger partial charge in [0.05, 0.1) is 25.6 Å². The highest BCUT2D eigenvalue weighted by Crippen LogP contribution is 2.36. The molecule has 4 aromatic rings. The van der Waals surface area contributed by atoms with Crippen molar-refractivity contribution in [3.63, 3.8) is 0 Å². The molecule has 2 aromatic carbocycles. The molecule has 0 aliphatic carbocycles. The first-order chi connectivity index (χ1) is 16.6. The van der Waals surface area contributed by atoms with Crippen molar-refractivity contribution >= 4 is 28.6 Å². The molecule has 1 aliphatic rings. The minimum absolute atomic E-state index is 0.115. The van der Waals surface area contributed by atoms with Crippen molar-refractivity contribution < 1.29 is 14.2 Å². The number of nitrogen functional groups attached to an aromatic ring is 1. The SMILES string of the molecule is COc1ccc(Oc2ccc(-c3nn(C4CCCN(Cl)C4)c4ncnc(N)c34)cc2)cc1OC. The molecule has 0 saturated carbocycles. The van der Waals surface area contributed by atoms with Crippen molar-refractivity contribution in [2.45, 2.75) is 18.9 Å². The van der Waals surface area contributed by atoms with E-state index in [0.717, 1.165) is 36.0 Å². The monoisotopic (exact) mass is 480 g/mol. The lowest BCUT2D eigenvalue weighted by atomic mass is 10.1. The third-order valence-electron chi connectivity index (χ3n) is 5.93. The summed E-state index contributed by atoms with van der Waals surface area (Å²) in [7, 11) is 3.19. The number of ether oxygens (including phenoxy) is 3. The number of nitrogens with zero attached hydrogens (tertiary/aromatic N) is 5. The van der Waals surface area contributed by atoms with Gasteiger partial charge in [-0.3, -0.25) is 0 Å². The second-order valence-electron chi connectivity index (χ2n) is 8.06. The lowest BCUT2D eigenvalue weighted by Crippen LogP contribution is -2.31. The van der Waals surface area contributed by atoms with E-state index in [0.29, 0.717) is 41.0 Å². The third-order valence-corrected chi connectivity index (χ3v) is 6.24. The van der Waals surface area contributed by atoms with Gasteiger partial charge in [0.15, 0.2) is 17.1 Å². The Kier molecular flexibility index (Phi) is 6.12. The molecule has 10 heteroatoms. The van der Waals surface area contributed by atoms with Crippen LogP contribution in [-0.2, 0) is 0 Å². The van der Waals surface area contributed by atoms with E-state index < -0.39 is 0 Å². The Balaban J connectivity index is 1.46. The average molecular weight is 481 g/mol. The molecule has 1 fully saturated rings. The zero-order chi connectivity index (χ0) is 23.7. The molecule has 2 N–H and O–H groups in total. The van der Waals surface area contributed by atoms with E-state index in [4.69, 9.17) is 36.8 Å². The maximum absolute atomic E-state index is 6.29. The molecule has 2 aromatic heterocycles. The molecule has 0 amide bonds. The first kappa shape index (κ1) is 22.2. The van der Waals surface area contributed by atoms with Crippen LogP contribution in [0.25, 0.3) is 22.3 Å². The lowest BCUT2D eigenvalue weighted by molar-refractivity contribution is 0.266. The number of rotatable bonds is 6. The van der Waals surface area contributed by atoms with Crippen LogP contribution in [0.15, 0.2) is 48.8 Å². The Bertz CT molecular complexity index is 1310. The van der Waals surface area contributed by atoms with E-state index in [1.54, 1.807) is 30.8 Å². The predicted molar refractivity (Wildman–Crippen MR) is 130 cm³/mol. The predicted octanol–water partition coefficient (Wildman–Crippen LogP) is 4.68. The van der Waals surface area contributed by atoms with Crippen LogP contribution in [0.1, 0.15) is 18.9 Å². The molecule has 0 radical (unpaired) electrons. The molecule has 1 saturated heterocycles. The van der Waals surface area contributed by atoms with Gasteiger partial charge in [-0.05, 0) is 61.0 Å². The van der Waals surface area contributed by atoms with Gasteiger partial charge < -0.3 is 19.9 Å². The molecule has 0 spiro atoms. The van der Waals surface area contributed by atoms with Crippen molar-refractivity contribution in [3.05, 3.63) is 48.8 Å². The summed E-state index contributed by atoms with van der Waals surface area (Å²) >= 11 is 6.29. The maximum atomic E-state index is 6.29. The van der Waals surface area contributed by atoms with Gasteiger partial charge in [0.1, 0.15) is 29.3 Å². The number of halogens is 1. The molecule has 176 valence electrons. The summed E-state index contributed by atoms with van der Waals surface area (Å²) in [5.41, 5.74) is 8.60. The summed E-state index contributed by atoms with van der Waals surface area (Å²) in [6.45, 7) is 1.56. The normalized spacial score (nSPS) is 16.5. The van der Waals surface area contributed by atoms with Gasteiger partial charge in [0.2, 0.25) is 0 Å². The van der Waals surface area contributed by atoms with E-state index in [1.807, 2.05) is 35.0 Å². The molecular formula is C24H25ClN6O3. The Morgan fingerprint density at radius 2 is 1.76 bits per heavy atom. The molecule has 1 atom stereocenters. The number of methoxy groups -OCH3 is 2. The maximum Gasteiger partial charge on any atom is 0.164 e. The van der Waals surface area contributed by atoms with Gasteiger partial charge in [-0.15, -0.1) is 0 Å². The average Bonchev–Trinajstić information content (AvgIpc) is 3.25. The number of anilines is 1. The van der Waals surface area contributed by atoms with Crippen molar-refractivity contribution in [1.29, 1.82) is 0 Å². The summed E-state index contributed by atoms with van der Waals surface area (Å²) < 4.78 is 20.4. The minimum Gasteiger partial charge on any atom is -0.493 e. The molecular weight excluding hydrogens is 456 g/mol. The van der Waals surface area contributed by atoms with E-state index in [2.05, 4.69) is 9.97 Å². The van der Waals surface area contributed by atoms with Crippen LogP contribution in [-0.4, -0.2) is 51.5 Å². The summed E-state index contributed by atoms with van der Waals surface area (Å²) in [6, 6.07) is 13.2. The number of aromatic nitrogens is 4. The van der Waals surface area contributed by atoms with E-state index >= 15 is 0 Å². The Hall–Kier alpha value is -3.56. The summed E-state index contributed by atoms with van der Waals surface area (Å²) in [5, 5.41) is 5.65. The van der Waals surface area contributed by atoms with Crippen LogP contribution >= 0.6 is 11.8 Å². The molecule has 3 heterocycles. The first-order valence-corrected chi connectivity index (χ1v) is 11.3. The fourth-order valence-corrected chi connectivity index (χ4v) is 4.54. The van der Waals surface area contributed by atoms with Crippen LogP contribution in [0.4, 0.5) is 5.82 Å². The lowest BCUT2D eigenvalue weighted by Gasteiger charge is -2.27. The van der Waals surface area contributed by atoms with Crippen molar-refractivity contribution in [3.8, 4) is 34.3 Å². The molecule has 5 rings (SSSR count). The van der Waals surface area contributed by atoms with Crippen LogP contribution < -0.4 is 19.9 Å². The topological polar surface area (TPSA) is 101 Å². The van der Waals surface area contributed by atoms with Gasteiger partial charge in [0, 0.05) is 24.7 Å². The second kappa shape index (κ2) is 9.36. The summed E-state index contributed by atoms with van der Waals surface area (Å²) in [6.07, 6.45) is 3.44. The number of benzene rings is 2. The van der Waals surface area contributed by atoms with Gasteiger partial charge in [0.25, 0.3) is 0 Å². The van der Waals surface area contributed by atoms with Crippen molar-refractivity contribution in [2.24, 2.45) is 0 Å². The minimum atomic E-state index is 0.115. The van der Waals surface area contributed by atoms with E-state index in [-0.39, 0.29) is 6.04 Å². The standard InChI is InChI=1S/C24H25ClN6O3/c1-32-19-10-9-18(12-20(19)33-2)34-17-7-5-15(6-8-17)22-21-23(26)27-14-28-24(21)31(29-22)16-4-3-11-30(25)13-16/h5-10,12,14,16H,3-4,11,13H2,1-2H3,(H2,26,27,28). The number of hydrogen-bond donors (Lipinski definition) is 1. The Labute approximate surface area is 202 Å². The van der Waals surface area contributed by atoms with Gasteiger partial charge >= 0.3 is 0 Å². The van der Waals surface area contributed by atoms with Crippen molar-refractivity contribution in [2.75, 3.05) is 33.0 Å². The molecule has 0 bridgehead atoms. The van der Waals surface area contributed by atoms with Crippen LogP contribution in [0, 0.1) is 0 Å². The second-order valence-corrected chi connectivity index (χ2v) is 8.54. The number of piperidine rings is 1. The quantitative estimate of drug-likeness (QED) is 0.397. The number of nitrogens with two attached hydrogens (primary N) is 1. The van der Waals surface area contributed by atoms with Crippen molar-refractivity contribution in [1.82, 2.24) is 24.2 Å². The number of fused-ring (bicyclic) bond motifs is 1. The van der Waals surface area contributed by atoms with Crippen LogP contribution in [0.3, 0.4) is 0 Å². The zero-order valence-corrected chi connectivity index (χ0v) is 19.7. The third kappa shape index (κ3) is 4.20. The largest absolute Gasteiger partial charge is 0.493 e. The fourth-order valence-electron chi connectivity index (χ4n) is 4.26. The van der Waals surface area contributed by atoms with Crippen LogP contribution in [0.2, 0.25) is 0 Å². The molecule has 1 aliphatic heterocycles. The molecule has 34 heavy (non-hydrogen) atoms. The highest BCUT2D eigenvalue weighted by Gasteiger charge is 2.26. The smallest absolute Gasteiger partial charge is 0.164 e. The number of hydrogen-bond acceptors (Lipinski definition) is 8. The first-order valence-electron chi connectivity index (χ1n) is 11.0. The molecule has 1 unspecified atom stereocenters. The zero-order valence-electron chi connectivity index (χ0n) is 18.9. The molecule has 9 nitrogen and oxygen atoms in total. The van der Waals surface area contributed by atoms with Gasteiger partial charge in [-0.1, -0.05) is 0 Å². The highest BCUT2D eigenvalue weighted by molar-refractivity contribution is 6.13. The highest BCUT2D eigenvalue weighted by atomic mass is 35.5.